The second-order valence-corrected chi connectivity index (χ2v) is 18.6. The first-order chi connectivity index (χ1) is 13.3. The minimum absolute atomic E-state index is 0.869. The van der Waals surface area contributed by atoms with Gasteiger partial charge in [-0.1, -0.05) is 0 Å². The van der Waals surface area contributed by atoms with Gasteiger partial charge in [-0.25, -0.2) is 0 Å². The molecule has 0 spiro atoms. The van der Waals surface area contributed by atoms with Crippen LogP contribution in [-0.4, -0.2) is 101 Å². The maximum atomic E-state index is 2.39. The molecule has 0 saturated carbocycles. The quantitative estimate of drug-likeness (QED) is 0.267. The summed E-state index contributed by atoms with van der Waals surface area (Å²) in [5.41, 5.74) is 0. The highest BCUT2D eigenvalue weighted by molar-refractivity contribution is 8.11. The lowest BCUT2D eigenvalue weighted by Crippen LogP contribution is -2.30. The first-order valence-electron chi connectivity index (χ1n) is 9.78. The molecule has 4 saturated heterocycles. The van der Waals surface area contributed by atoms with E-state index in [4.69, 9.17) is 0 Å². The van der Waals surface area contributed by atoms with Crippen molar-refractivity contribution < 1.29 is 0 Å². The van der Waals surface area contributed by atoms with E-state index in [1.165, 1.54) is 69.0 Å². The molecule has 0 aliphatic carbocycles. The molecule has 0 N–H and O–H groups in total. The minimum Gasteiger partial charge on any atom is -0.160 e. The Kier molecular flexibility index (Phi) is 11.2. The molecule has 0 amide bonds. The van der Waals surface area contributed by atoms with E-state index in [-0.39, 0.29) is 0 Å². The van der Waals surface area contributed by atoms with Crippen molar-refractivity contribution in [2.45, 2.75) is 31.5 Å². The predicted octanol–water partition coefficient (Wildman–Crippen LogP) is 5.85. The van der Waals surface area contributed by atoms with Gasteiger partial charge in [0, 0.05) is 101 Å². The third-order valence-corrected chi connectivity index (χ3v) is 19.6. The van der Waals surface area contributed by atoms with Gasteiger partial charge in [-0.15, -0.1) is 0 Å². The van der Waals surface area contributed by atoms with E-state index in [9.17, 15) is 0 Å². The van der Waals surface area contributed by atoms with Crippen LogP contribution in [0.15, 0.2) is 0 Å². The van der Waals surface area contributed by atoms with Crippen molar-refractivity contribution in [3.63, 3.8) is 0 Å². The highest BCUT2D eigenvalue weighted by atomic mass is 32.2. The SMILES string of the molecule is C1SCC1SCC(CSC1CSC1)SC(CSC1CSC1)CSC1CSC1. The lowest BCUT2D eigenvalue weighted by molar-refractivity contribution is 1.02. The number of thioether (sulfide) groups is 9. The molecular weight excluding hydrogens is 505 g/mol. The first-order valence-corrected chi connectivity index (χ1v) is 19.5. The van der Waals surface area contributed by atoms with Gasteiger partial charge in [0.1, 0.15) is 0 Å². The van der Waals surface area contributed by atoms with E-state index in [0.717, 1.165) is 31.5 Å². The highest BCUT2D eigenvalue weighted by Crippen LogP contribution is 2.39. The summed E-state index contributed by atoms with van der Waals surface area (Å²) in [7, 11) is 0. The summed E-state index contributed by atoms with van der Waals surface area (Å²) in [6.45, 7) is 0. The smallest absolute Gasteiger partial charge is 0.0232 e. The van der Waals surface area contributed by atoms with Crippen LogP contribution in [0, 0.1) is 0 Å². The predicted molar refractivity (Wildman–Crippen MR) is 149 cm³/mol. The molecule has 4 fully saturated rings. The van der Waals surface area contributed by atoms with Crippen molar-refractivity contribution in [2.75, 3.05) is 69.0 Å². The second kappa shape index (κ2) is 13.0. The van der Waals surface area contributed by atoms with Crippen molar-refractivity contribution in [2.24, 2.45) is 0 Å². The van der Waals surface area contributed by atoms with Crippen LogP contribution in [0.2, 0.25) is 0 Å². The van der Waals surface area contributed by atoms with Gasteiger partial charge in [0.2, 0.25) is 0 Å². The molecule has 4 aliphatic heterocycles. The topological polar surface area (TPSA) is 0 Å². The van der Waals surface area contributed by atoms with Crippen LogP contribution in [0.4, 0.5) is 0 Å². The van der Waals surface area contributed by atoms with Crippen molar-refractivity contribution in [3.8, 4) is 0 Å². The van der Waals surface area contributed by atoms with E-state index in [1.54, 1.807) is 0 Å². The Balaban J connectivity index is 1.24. The maximum Gasteiger partial charge on any atom is 0.0232 e. The van der Waals surface area contributed by atoms with E-state index < -0.39 is 0 Å². The first kappa shape index (κ1) is 23.3. The molecule has 0 aromatic heterocycles. The average molecular weight is 535 g/mol. The molecular formula is C18H30S9. The fraction of sp³-hybridized carbons (Fsp3) is 1.00. The average Bonchev–Trinajstić information content (AvgIpc) is 2.48. The molecule has 0 aromatic rings. The standard InChI is InChI=1S/C18H30S9/c1-13(2-19-1)23-9-17(10-24-14-3-20-4-14)27-18(11-25-15-5-21-6-15)12-26-16-7-22-8-16/h13-18H,1-12H2. The molecule has 0 aromatic carbocycles. The van der Waals surface area contributed by atoms with Crippen molar-refractivity contribution in [1.82, 2.24) is 0 Å². The fourth-order valence-electron chi connectivity index (χ4n) is 2.74. The lowest BCUT2D eigenvalue weighted by Gasteiger charge is -2.32. The third-order valence-electron chi connectivity index (χ3n) is 4.89. The molecule has 0 unspecified atom stereocenters. The molecule has 4 heterocycles. The summed E-state index contributed by atoms with van der Waals surface area (Å²) in [4.78, 5) is 0. The van der Waals surface area contributed by atoms with Crippen LogP contribution in [0.1, 0.15) is 0 Å². The summed E-state index contributed by atoms with van der Waals surface area (Å²) < 4.78 is 0. The Morgan fingerprint density at radius 3 is 0.926 bits per heavy atom. The Hall–Kier alpha value is 3.15. The number of hydrogen-bond donors (Lipinski definition) is 0. The van der Waals surface area contributed by atoms with Gasteiger partial charge in [-0.3, -0.25) is 0 Å². The summed E-state index contributed by atoms with van der Waals surface area (Å²) in [6.07, 6.45) is 0. The molecule has 4 rings (SSSR count). The van der Waals surface area contributed by atoms with Crippen molar-refractivity contribution in [1.29, 1.82) is 0 Å². The zero-order valence-electron chi connectivity index (χ0n) is 15.6. The van der Waals surface area contributed by atoms with Crippen LogP contribution >= 0.6 is 106 Å². The van der Waals surface area contributed by atoms with Gasteiger partial charge < -0.3 is 0 Å². The summed E-state index contributed by atoms with van der Waals surface area (Å²) >= 11 is 20.1. The highest BCUT2D eigenvalue weighted by Gasteiger charge is 2.28. The molecule has 0 bridgehead atoms. The van der Waals surface area contributed by atoms with Gasteiger partial charge in [0.25, 0.3) is 0 Å². The van der Waals surface area contributed by atoms with Gasteiger partial charge in [-0.05, 0) is 0 Å². The lowest BCUT2D eigenvalue weighted by atomic mass is 10.5. The minimum atomic E-state index is 0.869. The van der Waals surface area contributed by atoms with Crippen LogP contribution < -0.4 is 0 Å². The van der Waals surface area contributed by atoms with Crippen LogP contribution in [-0.2, 0) is 0 Å². The van der Waals surface area contributed by atoms with Gasteiger partial charge in [0.15, 0.2) is 0 Å². The Labute approximate surface area is 204 Å². The Morgan fingerprint density at radius 1 is 0.481 bits per heavy atom. The Bertz CT molecular complexity index is 347. The van der Waals surface area contributed by atoms with Gasteiger partial charge in [0.05, 0.1) is 0 Å². The third kappa shape index (κ3) is 8.21. The molecule has 156 valence electrons. The van der Waals surface area contributed by atoms with Crippen molar-refractivity contribution >= 4 is 106 Å². The summed E-state index contributed by atoms with van der Waals surface area (Å²) in [5, 5.41) is 5.59. The Morgan fingerprint density at radius 2 is 0.741 bits per heavy atom. The molecule has 0 nitrogen and oxygen atoms in total. The van der Waals surface area contributed by atoms with E-state index >= 15 is 0 Å². The van der Waals surface area contributed by atoms with Gasteiger partial charge >= 0.3 is 0 Å². The number of rotatable bonds is 14. The molecule has 0 atom stereocenters. The molecule has 0 radical (unpaired) electrons. The monoisotopic (exact) mass is 534 g/mol. The normalized spacial score (nSPS) is 24.7. The largest absolute Gasteiger partial charge is 0.160 e. The van der Waals surface area contributed by atoms with Crippen LogP contribution in [0.5, 0.6) is 0 Å². The zero-order chi connectivity index (χ0) is 18.3. The molecule has 9 heteroatoms. The molecule has 4 aliphatic rings. The second-order valence-electron chi connectivity index (χ2n) is 7.35. The van der Waals surface area contributed by atoms with E-state index in [1.807, 2.05) is 0 Å². The number of hydrogen-bond acceptors (Lipinski definition) is 9. The maximum absolute atomic E-state index is 2.39. The zero-order valence-corrected chi connectivity index (χ0v) is 23.0. The van der Waals surface area contributed by atoms with Crippen LogP contribution in [0.25, 0.3) is 0 Å². The van der Waals surface area contributed by atoms with Gasteiger partial charge in [-0.2, -0.15) is 106 Å². The van der Waals surface area contributed by atoms with Crippen molar-refractivity contribution in [3.05, 3.63) is 0 Å². The van der Waals surface area contributed by atoms with E-state index in [2.05, 4.69) is 106 Å². The fourth-order valence-corrected chi connectivity index (χ4v) is 15.3. The summed E-state index contributed by atoms with van der Waals surface area (Å²) in [6, 6.07) is 0. The summed E-state index contributed by atoms with van der Waals surface area (Å²) in [5.74, 6) is 16.8. The van der Waals surface area contributed by atoms with E-state index in [0.29, 0.717) is 0 Å². The molecule has 27 heavy (non-hydrogen) atoms. The van der Waals surface area contributed by atoms with Crippen LogP contribution in [0.3, 0.4) is 0 Å².